The zero-order chi connectivity index (χ0) is 28.8. The van der Waals surface area contributed by atoms with Gasteiger partial charge in [0, 0.05) is 27.7 Å². The van der Waals surface area contributed by atoms with Crippen LogP contribution in [0.25, 0.3) is 0 Å². The van der Waals surface area contributed by atoms with E-state index in [9.17, 15) is 53.1 Å². The smallest absolute Gasteiger partial charge is 0.428 e. The Kier molecular flexibility index (Phi) is 11.8. The number of ketones is 1. The van der Waals surface area contributed by atoms with E-state index in [1.54, 1.807) is 0 Å². The predicted octanol–water partition coefficient (Wildman–Crippen LogP) is 8.89. The van der Waals surface area contributed by atoms with Crippen LogP contribution in [0.4, 0.5) is 48.3 Å². The minimum absolute atomic E-state index is 0. The van der Waals surface area contributed by atoms with Gasteiger partial charge >= 0.3 is 25.1 Å². The number of alkyl halides is 8. The van der Waals surface area contributed by atoms with Gasteiger partial charge in [-0.3, -0.25) is 4.79 Å². The molecule has 0 aliphatic carbocycles. The summed E-state index contributed by atoms with van der Waals surface area (Å²) in [6.45, 7) is 0. The second-order valence-corrected chi connectivity index (χ2v) is 7.96. The van der Waals surface area contributed by atoms with Crippen LogP contribution in [0.15, 0.2) is 65.1 Å². The molecule has 0 N–H and O–H groups in total. The number of halogens is 12. The van der Waals surface area contributed by atoms with E-state index >= 15 is 0 Å². The molecule has 0 unspecified atom stereocenters. The molecule has 0 saturated carbocycles. The van der Waals surface area contributed by atoms with Crippen LogP contribution >= 0.6 is 15.9 Å². The maximum Gasteiger partial charge on any atom is 0.461 e. The normalized spacial score (nSPS) is 11.4. The van der Waals surface area contributed by atoms with Gasteiger partial charge in [-0.1, -0.05) is 23.4 Å². The van der Waals surface area contributed by atoms with Gasteiger partial charge in [-0.2, -0.15) is 35.1 Å². The van der Waals surface area contributed by atoms with Crippen molar-refractivity contribution in [2.24, 2.45) is 0 Å². The monoisotopic (exact) mass is 640 g/mol. The molecule has 0 bridgehead atoms. The van der Waals surface area contributed by atoms with E-state index in [2.05, 4.69) is 25.4 Å². The Morgan fingerprint density at radius 3 is 1.51 bits per heavy atom. The average molecular weight is 641 g/mol. The van der Waals surface area contributed by atoms with Crippen LogP contribution in [-0.2, 0) is 0 Å². The number of carbonyl (C=O) groups is 1. The lowest BCUT2D eigenvalue weighted by Gasteiger charge is -2.17. The fourth-order valence-electron chi connectivity index (χ4n) is 2.51. The van der Waals surface area contributed by atoms with Crippen LogP contribution in [0, 0.1) is 17.5 Å². The molecule has 0 spiro atoms. The Bertz CT molecular complexity index is 1230. The fourth-order valence-corrected chi connectivity index (χ4v) is 2.96. The average Bonchev–Trinajstić information content (AvgIpc) is 2.77. The van der Waals surface area contributed by atoms with E-state index in [0.29, 0.717) is 18.2 Å². The Balaban J connectivity index is 0.000000414. The van der Waals surface area contributed by atoms with Gasteiger partial charge in [-0.05, 0) is 48.5 Å². The van der Waals surface area contributed by atoms with Crippen molar-refractivity contribution in [1.29, 1.82) is 0 Å². The molecule has 0 atom stereocenters. The Morgan fingerprint density at radius 1 is 0.641 bits per heavy atom. The van der Waals surface area contributed by atoms with Gasteiger partial charge in [0.25, 0.3) is 0 Å². The van der Waals surface area contributed by atoms with Crippen LogP contribution in [-0.4, -0.2) is 30.9 Å². The van der Waals surface area contributed by atoms with Gasteiger partial charge < -0.3 is 9.47 Å². The summed E-state index contributed by atoms with van der Waals surface area (Å²) >= 11 is 2.81. The van der Waals surface area contributed by atoms with Crippen molar-refractivity contribution in [3.8, 4) is 11.5 Å². The molecule has 15 heteroatoms. The van der Waals surface area contributed by atoms with Crippen LogP contribution in [0.5, 0.6) is 11.5 Å². The second kappa shape index (κ2) is 13.6. The van der Waals surface area contributed by atoms with Crippen molar-refractivity contribution < 1.29 is 62.6 Å². The molecular weight excluding hydrogens is 625 g/mol. The van der Waals surface area contributed by atoms with Crippen LogP contribution < -0.4 is 9.47 Å². The topological polar surface area (TPSA) is 35.5 Å². The Hall–Kier alpha value is -3.36. The van der Waals surface area contributed by atoms with Gasteiger partial charge in [0.05, 0.1) is 0 Å². The van der Waals surface area contributed by atoms with Crippen LogP contribution in [0.2, 0.25) is 0 Å². The minimum atomic E-state index is -4.83. The SMILES string of the molecule is C.Fc1cc(Br)cc(OC(F)(F)C(F)F)c1.O=C(c1ccc(F)cc1)c1cc(F)cc(OC(F)(F)C(F)F)c1. The summed E-state index contributed by atoms with van der Waals surface area (Å²) in [5.74, 6) is -5.02. The largest absolute Gasteiger partial charge is 0.461 e. The third kappa shape index (κ3) is 10.0. The number of benzene rings is 3. The van der Waals surface area contributed by atoms with Crippen molar-refractivity contribution in [2.45, 2.75) is 32.5 Å². The molecule has 0 aliphatic rings. The molecule has 0 heterocycles. The van der Waals surface area contributed by atoms with Crippen LogP contribution in [0.1, 0.15) is 23.3 Å². The highest BCUT2D eigenvalue weighted by atomic mass is 79.9. The zero-order valence-corrected chi connectivity index (χ0v) is 19.8. The minimum Gasteiger partial charge on any atom is -0.428 e. The summed E-state index contributed by atoms with van der Waals surface area (Å²) in [5.41, 5.74) is -0.444. The van der Waals surface area contributed by atoms with Gasteiger partial charge in [0.2, 0.25) is 0 Å². The highest BCUT2D eigenvalue weighted by Crippen LogP contribution is 2.30. The number of hydrogen-bond donors (Lipinski definition) is 0. The summed E-state index contributed by atoms with van der Waals surface area (Å²) < 4.78 is 144. The summed E-state index contributed by atoms with van der Waals surface area (Å²) in [5, 5.41) is 0. The molecule has 39 heavy (non-hydrogen) atoms. The molecule has 0 saturated heterocycles. The van der Waals surface area contributed by atoms with E-state index in [-0.39, 0.29) is 17.5 Å². The summed E-state index contributed by atoms with van der Waals surface area (Å²) in [6.07, 6.45) is -17.6. The van der Waals surface area contributed by atoms with Crippen molar-refractivity contribution in [3.05, 3.63) is 93.7 Å². The lowest BCUT2D eigenvalue weighted by Crippen LogP contribution is -2.33. The third-order valence-electron chi connectivity index (χ3n) is 4.09. The summed E-state index contributed by atoms with van der Waals surface area (Å²) in [7, 11) is 0. The quantitative estimate of drug-likeness (QED) is 0.182. The lowest BCUT2D eigenvalue weighted by molar-refractivity contribution is -0.253. The van der Waals surface area contributed by atoms with E-state index in [4.69, 9.17) is 0 Å². The number of rotatable bonds is 8. The molecular formula is C24H16BrF11O3. The van der Waals surface area contributed by atoms with Gasteiger partial charge in [0.15, 0.2) is 5.78 Å². The van der Waals surface area contributed by atoms with Crippen molar-refractivity contribution in [2.75, 3.05) is 0 Å². The number of hydrogen-bond acceptors (Lipinski definition) is 3. The molecule has 0 radical (unpaired) electrons. The molecule has 3 aromatic rings. The first-order chi connectivity index (χ1) is 17.5. The maximum atomic E-state index is 13.4. The zero-order valence-electron chi connectivity index (χ0n) is 18.2. The molecule has 0 aromatic heterocycles. The standard InChI is InChI=1S/C15H8F6O2.C8H4BrF5O.CH4/c16-10-3-1-8(2-4-10)13(22)9-5-11(17)7-12(6-9)23-15(20,21)14(18)19;9-4-1-5(10)3-6(2-4)15-8(13,14)7(11)12;/h1-7,14H;1-3,7H;1H4. The second-order valence-electron chi connectivity index (χ2n) is 7.05. The highest BCUT2D eigenvalue weighted by molar-refractivity contribution is 9.10. The molecule has 3 rings (SSSR count). The lowest BCUT2D eigenvalue weighted by atomic mass is 10.0. The van der Waals surface area contributed by atoms with Gasteiger partial charge in [-0.15, -0.1) is 0 Å². The van der Waals surface area contributed by atoms with Gasteiger partial charge in [0.1, 0.15) is 29.0 Å². The third-order valence-corrected chi connectivity index (χ3v) is 4.55. The Morgan fingerprint density at radius 2 is 1.08 bits per heavy atom. The predicted molar refractivity (Wildman–Crippen MR) is 120 cm³/mol. The molecule has 0 fully saturated rings. The molecule has 0 amide bonds. The number of ether oxygens (including phenoxy) is 2. The maximum absolute atomic E-state index is 13.4. The Labute approximate surface area is 222 Å². The van der Waals surface area contributed by atoms with E-state index in [1.807, 2.05) is 0 Å². The molecule has 0 aliphatic heterocycles. The first-order valence-corrected chi connectivity index (χ1v) is 10.6. The van der Waals surface area contributed by atoms with Gasteiger partial charge in [-0.25, -0.2) is 13.2 Å². The first kappa shape index (κ1) is 33.7. The number of carbonyl (C=O) groups excluding carboxylic acids is 1. The fraction of sp³-hybridized carbons (Fsp3) is 0.208. The van der Waals surface area contributed by atoms with E-state index in [1.165, 1.54) is 0 Å². The van der Waals surface area contributed by atoms with Crippen molar-refractivity contribution in [1.82, 2.24) is 0 Å². The van der Waals surface area contributed by atoms with Crippen molar-refractivity contribution in [3.63, 3.8) is 0 Å². The van der Waals surface area contributed by atoms with E-state index < -0.39 is 65.4 Å². The van der Waals surface area contributed by atoms with E-state index in [0.717, 1.165) is 42.5 Å². The van der Waals surface area contributed by atoms with Crippen LogP contribution in [0.3, 0.4) is 0 Å². The molecule has 214 valence electrons. The summed E-state index contributed by atoms with van der Waals surface area (Å²) in [4.78, 5) is 12.1. The molecule has 3 nitrogen and oxygen atoms in total. The molecule has 3 aromatic carbocycles. The van der Waals surface area contributed by atoms with Crippen molar-refractivity contribution >= 4 is 21.7 Å². The summed E-state index contributed by atoms with van der Waals surface area (Å²) in [6, 6.07) is 8.56. The highest BCUT2D eigenvalue weighted by Gasteiger charge is 2.44. The first-order valence-electron chi connectivity index (χ1n) is 9.77.